The number of rotatable bonds is 4. The minimum absolute atomic E-state index is 0.239. The highest BCUT2D eigenvalue weighted by atomic mass is 32.1. The largest absolute Gasteiger partial charge is 0.368 e. The van der Waals surface area contributed by atoms with Gasteiger partial charge < -0.3 is 11.1 Å². The van der Waals surface area contributed by atoms with Crippen LogP contribution in [0.1, 0.15) is 16.7 Å². The van der Waals surface area contributed by atoms with Crippen molar-refractivity contribution in [3.8, 4) is 0 Å². The number of hydrogen-bond donors (Lipinski definition) is 3. The Morgan fingerprint density at radius 2 is 2.25 bits per heavy atom. The SMILES string of the molecule is Cc1ccc(CC(C)Nc2nc(N)nc3[nH]ncc23)s1. The van der Waals surface area contributed by atoms with E-state index in [1.165, 1.54) is 9.75 Å². The maximum absolute atomic E-state index is 5.71. The van der Waals surface area contributed by atoms with E-state index in [1.807, 2.05) is 11.3 Å². The summed E-state index contributed by atoms with van der Waals surface area (Å²) in [6.45, 7) is 4.24. The van der Waals surface area contributed by atoms with Gasteiger partial charge in [-0.1, -0.05) is 0 Å². The summed E-state index contributed by atoms with van der Waals surface area (Å²) in [6, 6.07) is 4.56. The molecule has 3 heterocycles. The summed E-state index contributed by atoms with van der Waals surface area (Å²) in [5, 5.41) is 11.0. The van der Waals surface area contributed by atoms with E-state index in [2.05, 4.69) is 51.5 Å². The number of H-pyrrole nitrogens is 1. The Morgan fingerprint density at radius 3 is 3.00 bits per heavy atom. The Morgan fingerprint density at radius 1 is 1.40 bits per heavy atom. The summed E-state index contributed by atoms with van der Waals surface area (Å²) >= 11 is 1.82. The van der Waals surface area contributed by atoms with Gasteiger partial charge in [-0.3, -0.25) is 5.10 Å². The van der Waals surface area contributed by atoms with E-state index >= 15 is 0 Å². The van der Waals surface area contributed by atoms with E-state index in [1.54, 1.807) is 6.20 Å². The molecule has 1 unspecified atom stereocenters. The number of thiophene rings is 1. The summed E-state index contributed by atoms with van der Waals surface area (Å²) in [4.78, 5) is 11.0. The van der Waals surface area contributed by atoms with Crippen LogP contribution in [0.3, 0.4) is 0 Å². The highest BCUT2D eigenvalue weighted by Gasteiger charge is 2.11. The fourth-order valence-electron chi connectivity index (χ4n) is 2.14. The van der Waals surface area contributed by atoms with Gasteiger partial charge in [-0.05, 0) is 26.0 Å². The zero-order chi connectivity index (χ0) is 14.1. The van der Waals surface area contributed by atoms with Gasteiger partial charge in [0.25, 0.3) is 0 Å². The molecule has 0 saturated carbocycles. The molecule has 6 nitrogen and oxygen atoms in total. The number of anilines is 2. The second kappa shape index (κ2) is 5.09. The summed E-state index contributed by atoms with van der Waals surface area (Å²) in [7, 11) is 0. The molecule has 7 heteroatoms. The maximum Gasteiger partial charge on any atom is 0.224 e. The minimum atomic E-state index is 0.239. The predicted molar refractivity (Wildman–Crippen MR) is 81.9 cm³/mol. The molecule has 3 aromatic heterocycles. The van der Waals surface area contributed by atoms with Gasteiger partial charge in [-0.25, -0.2) is 0 Å². The van der Waals surface area contributed by atoms with Crippen LogP contribution in [0.2, 0.25) is 0 Å². The lowest BCUT2D eigenvalue weighted by Crippen LogP contribution is -2.19. The molecule has 0 saturated heterocycles. The lowest BCUT2D eigenvalue weighted by atomic mass is 10.2. The Balaban J connectivity index is 1.80. The smallest absolute Gasteiger partial charge is 0.224 e. The van der Waals surface area contributed by atoms with Crippen LogP contribution in [0.4, 0.5) is 11.8 Å². The molecule has 0 aromatic carbocycles. The molecule has 0 aliphatic heterocycles. The van der Waals surface area contributed by atoms with Crippen molar-refractivity contribution in [2.75, 3.05) is 11.1 Å². The average Bonchev–Trinajstić information content (AvgIpc) is 2.98. The molecule has 3 aromatic rings. The van der Waals surface area contributed by atoms with Crippen molar-refractivity contribution in [2.45, 2.75) is 26.3 Å². The van der Waals surface area contributed by atoms with Gasteiger partial charge in [0.15, 0.2) is 5.65 Å². The fraction of sp³-hybridized carbons (Fsp3) is 0.308. The van der Waals surface area contributed by atoms with Crippen molar-refractivity contribution in [3.63, 3.8) is 0 Å². The van der Waals surface area contributed by atoms with Gasteiger partial charge in [0.1, 0.15) is 5.82 Å². The van der Waals surface area contributed by atoms with Crippen molar-refractivity contribution >= 4 is 34.1 Å². The van der Waals surface area contributed by atoms with Gasteiger partial charge in [0, 0.05) is 22.2 Å². The molecule has 4 N–H and O–H groups in total. The molecule has 0 aliphatic rings. The minimum Gasteiger partial charge on any atom is -0.368 e. The fourth-order valence-corrected chi connectivity index (χ4v) is 3.16. The predicted octanol–water partition coefficient (Wildman–Crippen LogP) is 2.35. The molecule has 0 spiro atoms. The first-order chi connectivity index (χ1) is 9.61. The Labute approximate surface area is 120 Å². The third kappa shape index (κ3) is 2.57. The zero-order valence-corrected chi connectivity index (χ0v) is 12.2. The molecular weight excluding hydrogens is 272 g/mol. The molecule has 0 radical (unpaired) electrons. The van der Waals surface area contributed by atoms with Crippen LogP contribution in [-0.2, 0) is 6.42 Å². The van der Waals surface area contributed by atoms with Crippen molar-refractivity contribution in [2.24, 2.45) is 0 Å². The van der Waals surface area contributed by atoms with Crippen LogP contribution >= 0.6 is 11.3 Å². The molecular formula is C13H16N6S. The van der Waals surface area contributed by atoms with Crippen LogP contribution in [0.25, 0.3) is 11.0 Å². The zero-order valence-electron chi connectivity index (χ0n) is 11.3. The number of nitrogens with zero attached hydrogens (tertiary/aromatic N) is 3. The third-order valence-corrected chi connectivity index (χ3v) is 4.04. The number of nitrogen functional groups attached to an aromatic ring is 1. The number of aryl methyl sites for hydroxylation is 1. The maximum atomic E-state index is 5.71. The normalized spacial score (nSPS) is 12.7. The van der Waals surface area contributed by atoms with Crippen molar-refractivity contribution in [3.05, 3.63) is 28.1 Å². The van der Waals surface area contributed by atoms with E-state index < -0.39 is 0 Å². The highest BCUT2D eigenvalue weighted by Crippen LogP contribution is 2.22. The van der Waals surface area contributed by atoms with E-state index in [4.69, 9.17) is 5.73 Å². The summed E-state index contributed by atoms with van der Waals surface area (Å²) < 4.78 is 0. The molecule has 20 heavy (non-hydrogen) atoms. The van der Waals surface area contributed by atoms with E-state index in [0.717, 1.165) is 17.6 Å². The van der Waals surface area contributed by atoms with Crippen LogP contribution in [0, 0.1) is 6.92 Å². The molecule has 1 atom stereocenters. The van der Waals surface area contributed by atoms with E-state index in [0.29, 0.717) is 5.65 Å². The first-order valence-electron chi connectivity index (χ1n) is 6.40. The number of fused-ring (bicyclic) bond motifs is 1. The van der Waals surface area contributed by atoms with E-state index in [-0.39, 0.29) is 12.0 Å². The first kappa shape index (κ1) is 12.9. The molecule has 104 valence electrons. The third-order valence-electron chi connectivity index (χ3n) is 3.01. The monoisotopic (exact) mass is 288 g/mol. The van der Waals surface area contributed by atoms with Gasteiger partial charge in [0.05, 0.1) is 11.6 Å². The lowest BCUT2D eigenvalue weighted by Gasteiger charge is -2.14. The van der Waals surface area contributed by atoms with Crippen molar-refractivity contribution in [1.82, 2.24) is 20.2 Å². The summed E-state index contributed by atoms with van der Waals surface area (Å²) in [5.74, 6) is 0.963. The van der Waals surface area contributed by atoms with Crippen LogP contribution in [-0.4, -0.2) is 26.2 Å². The van der Waals surface area contributed by atoms with Gasteiger partial charge >= 0.3 is 0 Å². The summed E-state index contributed by atoms with van der Waals surface area (Å²) in [5.41, 5.74) is 6.36. The Hall–Kier alpha value is -2.15. The van der Waals surface area contributed by atoms with Gasteiger partial charge in [-0.15, -0.1) is 11.3 Å². The molecule has 0 amide bonds. The molecule has 0 aliphatic carbocycles. The van der Waals surface area contributed by atoms with Crippen LogP contribution in [0.5, 0.6) is 0 Å². The Bertz CT molecular complexity index is 731. The van der Waals surface area contributed by atoms with Crippen molar-refractivity contribution < 1.29 is 0 Å². The number of nitrogens with one attached hydrogen (secondary N) is 2. The van der Waals surface area contributed by atoms with Crippen LogP contribution < -0.4 is 11.1 Å². The number of aromatic amines is 1. The highest BCUT2D eigenvalue weighted by molar-refractivity contribution is 7.11. The molecule has 0 fully saturated rings. The number of nitrogens with two attached hydrogens (primary N) is 1. The number of hydrogen-bond acceptors (Lipinski definition) is 6. The lowest BCUT2D eigenvalue weighted by molar-refractivity contribution is 0.796. The van der Waals surface area contributed by atoms with E-state index in [9.17, 15) is 0 Å². The average molecular weight is 288 g/mol. The molecule has 3 rings (SSSR count). The van der Waals surface area contributed by atoms with Gasteiger partial charge in [-0.2, -0.15) is 15.1 Å². The topological polar surface area (TPSA) is 92.5 Å². The first-order valence-corrected chi connectivity index (χ1v) is 7.22. The standard InChI is InChI=1S/C13H16N6S/c1-7(5-9-4-3-8(2)20-9)16-11-10-6-15-19-12(10)18-13(14)17-11/h3-4,6-7H,5H2,1-2H3,(H4,14,15,16,17,18,19). The van der Waals surface area contributed by atoms with Crippen molar-refractivity contribution in [1.29, 1.82) is 0 Å². The second-order valence-electron chi connectivity index (χ2n) is 4.82. The quantitative estimate of drug-likeness (QED) is 0.685. The van der Waals surface area contributed by atoms with Gasteiger partial charge in [0.2, 0.25) is 5.95 Å². The Kier molecular flexibility index (Phi) is 3.27. The summed E-state index contributed by atoms with van der Waals surface area (Å²) in [6.07, 6.45) is 2.65. The number of aromatic nitrogens is 4. The second-order valence-corrected chi connectivity index (χ2v) is 6.20. The molecule has 0 bridgehead atoms. The van der Waals surface area contributed by atoms with Crippen LogP contribution in [0.15, 0.2) is 18.3 Å².